The normalized spacial score (nSPS) is 12.6. The smallest absolute Gasteiger partial charge is 0.331 e. The summed E-state index contributed by atoms with van der Waals surface area (Å²) in [6.45, 7) is 5.82. The van der Waals surface area contributed by atoms with Gasteiger partial charge in [0.25, 0.3) is 11.8 Å². The Balaban J connectivity index is 1.46. The fourth-order valence-electron chi connectivity index (χ4n) is 2.72. The van der Waals surface area contributed by atoms with Crippen LogP contribution in [0.25, 0.3) is 6.08 Å². The van der Waals surface area contributed by atoms with E-state index in [1.165, 1.54) is 12.2 Å². The molecule has 3 rings (SSSR count). The van der Waals surface area contributed by atoms with Crippen molar-refractivity contribution in [1.82, 2.24) is 5.32 Å². The third-order valence-corrected chi connectivity index (χ3v) is 4.42. The third kappa shape index (κ3) is 5.47. The molecule has 1 aliphatic rings. The summed E-state index contributed by atoms with van der Waals surface area (Å²) in [4.78, 5) is 35.9. The lowest BCUT2D eigenvalue weighted by Gasteiger charge is -2.18. The molecule has 0 unspecified atom stereocenters. The zero-order valence-electron chi connectivity index (χ0n) is 17.1. The van der Waals surface area contributed by atoms with Crippen molar-refractivity contribution in [1.29, 1.82) is 0 Å². The fraction of sp³-hybridized carbons (Fsp3) is 0.261. The number of esters is 1. The molecule has 0 bridgehead atoms. The summed E-state index contributed by atoms with van der Waals surface area (Å²) in [5.74, 6) is -0.718. The molecule has 7 heteroatoms. The van der Waals surface area contributed by atoms with Gasteiger partial charge in [0.2, 0.25) is 6.79 Å². The van der Waals surface area contributed by atoms with Gasteiger partial charge in [0.15, 0.2) is 18.1 Å². The van der Waals surface area contributed by atoms with Crippen LogP contribution in [0, 0.1) is 0 Å². The minimum Gasteiger partial charge on any atom is -0.454 e. The van der Waals surface area contributed by atoms with Crippen molar-refractivity contribution in [3.05, 3.63) is 65.2 Å². The summed E-state index contributed by atoms with van der Waals surface area (Å²) in [6, 6.07) is 12.2. The molecule has 0 spiro atoms. The van der Waals surface area contributed by atoms with E-state index in [1.807, 2.05) is 12.1 Å². The van der Waals surface area contributed by atoms with Gasteiger partial charge < -0.3 is 14.2 Å². The number of ether oxygens (including phenoxy) is 3. The number of rotatable bonds is 5. The van der Waals surface area contributed by atoms with Gasteiger partial charge in [-0.2, -0.15) is 0 Å². The van der Waals surface area contributed by atoms with Crippen LogP contribution in [0.15, 0.2) is 48.5 Å². The fourth-order valence-corrected chi connectivity index (χ4v) is 2.72. The van der Waals surface area contributed by atoms with Crippen molar-refractivity contribution in [2.24, 2.45) is 0 Å². The Morgan fingerprint density at radius 2 is 1.73 bits per heavy atom. The lowest BCUT2D eigenvalue weighted by Crippen LogP contribution is -2.34. The molecule has 0 fully saturated rings. The Kier molecular flexibility index (Phi) is 6.20. The van der Waals surface area contributed by atoms with Gasteiger partial charge in [-0.15, -0.1) is 0 Å². The third-order valence-electron chi connectivity index (χ3n) is 4.42. The monoisotopic (exact) mass is 409 g/mol. The maximum atomic E-state index is 12.2. The van der Waals surface area contributed by atoms with Gasteiger partial charge >= 0.3 is 5.97 Å². The first-order valence-corrected chi connectivity index (χ1v) is 9.41. The Hall–Kier alpha value is -3.61. The first kappa shape index (κ1) is 21.1. The van der Waals surface area contributed by atoms with Gasteiger partial charge in [0, 0.05) is 11.6 Å². The van der Waals surface area contributed by atoms with Crippen LogP contribution in [0.4, 0.5) is 0 Å². The molecule has 7 nitrogen and oxygen atoms in total. The van der Waals surface area contributed by atoms with E-state index in [1.54, 1.807) is 30.3 Å². The number of fused-ring (bicyclic) bond motifs is 1. The van der Waals surface area contributed by atoms with Gasteiger partial charge in [-0.1, -0.05) is 39.0 Å². The van der Waals surface area contributed by atoms with E-state index in [9.17, 15) is 14.4 Å². The molecule has 0 saturated carbocycles. The van der Waals surface area contributed by atoms with Crippen LogP contribution in [0.5, 0.6) is 11.5 Å². The van der Waals surface area contributed by atoms with Crippen molar-refractivity contribution in [2.75, 3.05) is 13.4 Å². The molecular formula is C23H23NO6. The predicted octanol–water partition coefficient (Wildman–Crippen LogP) is 3.23. The molecule has 0 radical (unpaired) electrons. The van der Waals surface area contributed by atoms with Crippen LogP contribution in [0.2, 0.25) is 0 Å². The summed E-state index contributed by atoms with van der Waals surface area (Å²) in [6.07, 6.45) is 2.72. The Bertz CT molecular complexity index is 986. The molecule has 2 aromatic carbocycles. The zero-order valence-corrected chi connectivity index (χ0v) is 17.1. The highest BCUT2D eigenvalue weighted by atomic mass is 16.7. The molecule has 1 aliphatic heterocycles. The minimum atomic E-state index is -0.704. The topological polar surface area (TPSA) is 90.9 Å². The molecule has 1 N–H and O–H groups in total. The molecule has 156 valence electrons. The number of hydrogen-bond donors (Lipinski definition) is 1. The Morgan fingerprint density at radius 1 is 1.03 bits per heavy atom. The van der Waals surface area contributed by atoms with Crippen LogP contribution in [0.3, 0.4) is 0 Å². The van der Waals surface area contributed by atoms with Crippen LogP contribution in [-0.2, 0) is 19.7 Å². The number of hydrogen-bond acceptors (Lipinski definition) is 6. The second-order valence-corrected chi connectivity index (χ2v) is 7.76. The first-order valence-electron chi connectivity index (χ1n) is 9.41. The summed E-state index contributed by atoms with van der Waals surface area (Å²) in [5.41, 5.74) is 2.11. The average Bonchev–Trinajstić information content (AvgIpc) is 3.18. The standard InChI is InChI=1S/C23H23NO6/c1-23(2,3)17-8-6-16(7-9-17)22(27)24-20(25)13-28-21(26)11-5-15-4-10-18-19(12-15)30-14-29-18/h4-12H,13-14H2,1-3H3,(H,24,25,27). The van der Waals surface area contributed by atoms with E-state index in [2.05, 4.69) is 26.1 Å². The number of carbonyl (C=O) groups is 3. The van der Waals surface area contributed by atoms with Gasteiger partial charge in [-0.3, -0.25) is 14.9 Å². The molecule has 1 heterocycles. The number of carbonyl (C=O) groups excluding carboxylic acids is 3. The molecule has 0 atom stereocenters. The van der Waals surface area contributed by atoms with E-state index < -0.39 is 24.4 Å². The Morgan fingerprint density at radius 3 is 2.43 bits per heavy atom. The molecule has 2 amide bonds. The number of imide groups is 1. The quantitative estimate of drug-likeness (QED) is 0.602. The van der Waals surface area contributed by atoms with E-state index in [4.69, 9.17) is 14.2 Å². The van der Waals surface area contributed by atoms with Crippen molar-refractivity contribution in [2.45, 2.75) is 26.2 Å². The maximum Gasteiger partial charge on any atom is 0.331 e. The number of amides is 2. The summed E-state index contributed by atoms with van der Waals surface area (Å²) in [7, 11) is 0. The zero-order chi connectivity index (χ0) is 21.7. The van der Waals surface area contributed by atoms with Gasteiger partial charge in [-0.25, -0.2) is 4.79 Å². The SMILES string of the molecule is CC(C)(C)c1ccc(C(=O)NC(=O)COC(=O)C=Cc2ccc3c(c2)OCO3)cc1. The van der Waals surface area contributed by atoms with Crippen LogP contribution in [-0.4, -0.2) is 31.2 Å². The number of benzene rings is 2. The van der Waals surface area contributed by atoms with Crippen molar-refractivity contribution >= 4 is 23.9 Å². The largest absolute Gasteiger partial charge is 0.454 e. The molecule has 30 heavy (non-hydrogen) atoms. The molecular weight excluding hydrogens is 386 g/mol. The summed E-state index contributed by atoms with van der Waals surface area (Å²) >= 11 is 0. The highest BCUT2D eigenvalue weighted by Gasteiger charge is 2.16. The van der Waals surface area contributed by atoms with Gasteiger partial charge in [0.05, 0.1) is 0 Å². The average molecular weight is 409 g/mol. The molecule has 2 aromatic rings. The first-order chi connectivity index (χ1) is 14.2. The minimum absolute atomic E-state index is 0.0346. The molecule has 0 aliphatic carbocycles. The predicted molar refractivity (Wildman–Crippen MR) is 110 cm³/mol. The van der Waals surface area contributed by atoms with E-state index in [0.29, 0.717) is 17.1 Å². The van der Waals surface area contributed by atoms with E-state index >= 15 is 0 Å². The van der Waals surface area contributed by atoms with E-state index in [-0.39, 0.29) is 12.2 Å². The maximum absolute atomic E-state index is 12.2. The van der Waals surface area contributed by atoms with Crippen LogP contribution in [0.1, 0.15) is 42.3 Å². The Labute approximate surface area is 174 Å². The van der Waals surface area contributed by atoms with Crippen LogP contribution >= 0.6 is 0 Å². The highest BCUT2D eigenvalue weighted by Crippen LogP contribution is 2.32. The van der Waals surface area contributed by atoms with Gasteiger partial charge in [-0.05, 0) is 46.9 Å². The summed E-state index contributed by atoms with van der Waals surface area (Å²) in [5, 5.41) is 2.20. The number of nitrogens with one attached hydrogen (secondary N) is 1. The van der Waals surface area contributed by atoms with Gasteiger partial charge in [0.1, 0.15) is 0 Å². The lowest BCUT2D eigenvalue weighted by atomic mass is 9.87. The van der Waals surface area contributed by atoms with Crippen molar-refractivity contribution in [3.8, 4) is 11.5 Å². The van der Waals surface area contributed by atoms with Crippen LogP contribution < -0.4 is 14.8 Å². The lowest BCUT2D eigenvalue weighted by molar-refractivity contribution is -0.143. The molecule has 0 aromatic heterocycles. The van der Waals surface area contributed by atoms with E-state index in [0.717, 1.165) is 11.1 Å². The highest BCUT2D eigenvalue weighted by molar-refractivity contribution is 6.05. The molecule has 0 saturated heterocycles. The summed E-state index contributed by atoms with van der Waals surface area (Å²) < 4.78 is 15.4. The van der Waals surface area contributed by atoms with Crippen molar-refractivity contribution in [3.63, 3.8) is 0 Å². The van der Waals surface area contributed by atoms with Crippen molar-refractivity contribution < 1.29 is 28.6 Å². The second kappa shape index (κ2) is 8.82. The second-order valence-electron chi connectivity index (χ2n) is 7.76.